The molecule has 1 aromatic rings. The number of hydrogen-bond acceptors (Lipinski definition) is 3. The monoisotopic (exact) mass is 328 g/mol. The molecule has 0 bridgehead atoms. The van der Waals surface area contributed by atoms with E-state index >= 15 is 0 Å². The van der Waals surface area contributed by atoms with Gasteiger partial charge in [-0.15, -0.1) is 0 Å². The van der Waals surface area contributed by atoms with E-state index in [0.29, 0.717) is 0 Å². The Labute approximate surface area is 132 Å². The number of nitrogens with zero attached hydrogens (tertiary/aromatic N) is 1. The highest BCUT2D eigenvalue weighted by atomic mass is 35.5. The number of fused-ring (bicyclic) bond motifs is 1. The van der Waals surface area contributed by atoms with E-state index in [-0.39, 0.29) is 39.8 Å². The standard InChI is InChI=1S/C14H14Cl2N2O3/c1-3-7(2)17-10(19)6-18-12-9(16)5-4-8(15)11(12)13(20)14(18)21/h4-5,7H,3,6H2,1-2H3,(H,17,19). The lowest BCUT2D eigenvalue weighted by Crippen LogP contribution is -2.43. The van der Waals surface area contributed by atoms with Crippen LogP contribution in [0.25, 0.3) is 0 Å². The van der Waals surface area contributed by atoms with Gasteiger partial charge in [0.1, 0.15) is 6.54 Å². The Morgan fingerprint density at radius 2 is 1.90 bits per heavy atom. The van der Waals surface area contributed by atoms with Crippen LogP contribution in [-0.4, -0.2) is 30.2 Å². The molecule has 2 amide bonds. The zero-order valence-corrected chi connectivity index (χ0v) is 13.1. The lowest BCUT2D eigenvalue weighted by atomic mass is 10.1. The molecule has 1 aliphatic heterocycles. The highest BCUT2D eigenvalue weighted by Crippen LogP contribution is 2.39. The molecule has 1 N–H and O–H groups in total. The van der Waals surface area contributed by atoms with Crippen LogP contribution < -0.4 is 10.2 Å². The number of rotatable bonds is 4. The summed E-state index contributed by atoms with van der Waals surface area (Å²) < 4.78 is 0. The van der Waals surface area contributed by atoms with Crippen molar-refractivity contribution in [2.75, 3.05) is 11.4 Å². The van der Waals surface area contributed by atoms with Gasteiger partial charge in [0, 0.05) is 6.04 Å². The fraction of sp³-hybridized carbons (Fsp3) is 0.357. The van der Waals surface area contributed by atoms with Crippen LogP contribution in [-0.2, 0) is 9.59 Å². The third kappa shape index (κ3) is 2.89. The number of halogens is 2. The molecular weight excluding hydrogens is 315 g/mol. The molecule has 1 aromatic carbocycles. The lowest BCUT2D eigenvalue weighted by Gasteiger charge is -2.19. The first-order valence-electron chi connectivity index (χ1n) is 6.50. The van der Waals surface area contributed by atoms with Gasteiger partial charge >= 0.3 is 0 Å². The van der Waals surface area contributed by atoms with E-state index in [0.717, 1.165) is 11.3 Å². The second-order valence-electron chi connectivity index (χ2n) is 4.85. The van der Waals surface area contributed by atoms with Gasteiger partial charge in [-0.05, 0) is 25.5 Å². The fourth-order valence-electron chi connectivity index (χ4n) is 2.07. The number of ketones is 1. The van der Waals surface area contributed by atoms with Crippen molar-refractivity contribution in [1.29, 1.82) is 0 Å². The molecule has 21 heavy (non-hydrogen) atoms. The Hall–Kier alpha value is -1.59. The first-order valence-corrected chi connectivity index (χ1v) is 7.26. The molecule has 0 aliphatic carbocycles. The van der Waals surface area contributed by atoms with Gasteiger partial charge in [0.05, 0.1) is 21.3 Å². The molecule has 0 aromatic heterocycles. The maximum absolute atomic E-state index is 12.0. The first-order chi connectivity index (χ1) is 9.86. The highest BCUT2D eigenvalue weighted by Gasteiger charge is 2.40. The van der Waals surface area contributed by atoms with Gasteiger partial charge < -0.3 is 5.32 Å². The maximum Gasteiger partial charge on any atom is 0.300 e. The summed E-state index contributed by atoms with van der Waals surface area (Å²) in [6.07, 6.45) is 0.766. The number of nitrogens with one attached hydrogen (secondary N) is 1. The van der Waals surface area contributed by atoms with Crippen molar-refractivity contribution in [3.63, 3.8) is 0 Å². The third-order valence-electron chi connectivity index (χ3n) is 3.34. The summed E-state index contributed by atoms with van der Waals surface area (Å²) in [7, 11) is 0. The van der Waals surface area contributed by atoms with Crippen LogP contribution in [0.3, 0.4) is 0 Å². The average molecular weight is 329 g/mol. The lowest BCUT2D eigenvalue weighted by molar-refractivity contribution is -0.122. The van der Waals surface area contributed by atoms with Crippen molar-refractivity contribution in [2.45, 2.75) is 26.3 Å². The minimum absolute atomic E-state index is 0.0137. The predicted octanol–water partition coefficient (Wildman–Crippen LogP) is 2.44. The Morgan fingerprint density at radius 1 is 1.29 bits per heavy atom. The quantitative estimate of drug-likeness (QED) is 0.863. The van der Waals surface area contributed by atoms with Gasteiger partial charge in [-0.1, -0.05) is 30.1 Å². The summed E-state index contributed by atoms with van der Waals surface area (Å²) in [5.41, 5.74) is 0.268. The smallest absolute Gasteiger partial charge is 0.300 e. The fourth-order valence-corrected chi connectivity index (χ4v) is 2.57. The van der Waals surface area contributed by atoms with E-state index in [2.05, 4.69) is 5.32 Å². The number of benzene rings is 1. The summed E-state index contributed by atoms with van der Waals surface area (Å²) >= 11 is 12.0. The normalized spacial score (nSPS) is 15.1. The molecule has 1 atom stereocenters. The number of amides is 2. The van der Waals surface area contributed by atoms with Gasteiger partial charge in [0.25, 0.3) is 11.7 Å². The Kier molecular flexibility index (Phi) is 4.54. The summed E-state index contributed by atoms with van der Waals surface area (Å²) in [6, 6.07) is 2.94. The third-order valence-corrected chi connectivity index (χ3v) is 3.96. The van der Waals surface area contributed by atoms with Crippen LogP contribution in [0.15, 0.2) is 12.1 Å². The zero-order chi connectivity index (χ0) is 15.7. The first kappa shape index (κ1) is 15.8. The van der Waals surface area contributed by atoms with Crippen LogP contribution >= 0.6 is 23.2 Å². The van der Waals surface area contributed by atoms with Crippen LogP contribution in [0, 0.1) is 0 Å². The van der Waals surface area contributed by atoms with Crippen LogP contribution in [0.4, 0.5) is 5.69 Å². The number of anilines is 1. The van der Waals surface area contributed by atoms with Crippen LogP contribution in [0.1, 0.15) is 30.6 Å². The molecule has 7 heteroatoms. The second-order valence-corrected chi connectivity index (χ2v) is 5.66. The van der Waals surface area contributed by atoms with Crippen molar-refractivity contribution in [3.05, 3.63) is 27.7 Å². The Balaban J connectivity index is 2.31. The topological polar surface area (TPSA) is 66.5 Å². The Bertz CT molecular complexity index is 631. The second kappa shape index (κ2) is 6.03. The predicted molar refractivity (Wildman–Crippen MR) is 81.0 cm³/mol. The van der Waals surface area contributed by atoms with E-state index in [1.165, 1.54) is 12.1 Å². The van der Waals surface area contributed by atoms with Crippen molar-refractivity contribution in [3.8, 4) is 0 Å². The van der Waals surface area contributed by atoms with E-state index in [4.69, 9.17) is 23.2 Å². The van der Waals surface area contributed by atoms with Crippen molar-refractivity contribution >= 4 is 46.5 Å². The highest BCUT2D eigenvalue weighted by molar-refractivity contribution is 6.57. The summed E-state index contributed by atoms with van der Waals surface area (Å²) in [4.78, 5) is 37.0. The minimum atomic E-state index is -0.792. The largest absolute Gasteiger partial charge is 0.352 e. The summed E-state index contributed by atoms with van der Waals surface area (Å²) in [5, 5.41) is 3.10. The molecule has 0 fully saturated rings. The van der Waals surface area contributed by atoms with E-state index < -0.39 is 11.7 Å². The molecule has 5 nitrogen and oxygen atoms in total. The van der Waals surface area contributed by atoms with Crippen molar-refractivity contribution < 1.29 is 14.4 Å². The molecule has 1 heterocycles. The molecule has 2 rings (SSSR count). The average Bonchev–Trinajstić information content (AvgIpc) is 2.69. The maximum atomic E-state index is 12.0. The SMILES string of the molecule is CCC(C)NC(=O)CN1C(=O)C(=O)c2c(Cl)ccc(Cl)c21. The van der Waals surface area contributed by atoms with E-state index in [1.54, 1.807) is 0 Å². The number of carbonyl (C=O) groups excluding carboxylic acids is 3. The van der Waals surface area contributed by atoms with Gasteiger partial charge in [0.15, 0.2) is 0 Å². The van der Waals surface area contributed by atoms with E-state index in [9.17, 15) is 14.4 Å². The zero-order valence-electron chi connectivity index (χ0n) is 11.6. The van der Waals surface area contributed by atoms with Crippen LogP contribution in [0.5, 0.6) is 0 Å². The van der Waals surface area contributed by atoms with Gasteiger partial charge in [-0.25, -0.2) is 0 Å². The van der Waals surface area contributed by atoms with Crippen molar-refractivity contribution in [2.24, 2.45) is 0 Å². The Morgan fingerprint density at radius 3 is 2.52 bits per heavy atom. The molecule has 0 radical (unpaired) electrons. The van der Waals surface area contributed by atoms with E-state index in [1.807, 2.05) is 13.8 Å². The summed E-state index contributed by atoms with van der Waals surface area (Å²) in [6.45, 7) is 3.52. The van der Waals surface area contributed by atoms with Gasteiger partial charge in [-0.2, -0.15) is 0 Å². The van der Waals surface area contributed by atoms with Crippen LogP contribution in [0.2, 0.25) is 10.0 Å². The minimum Gasteiger partial charge on any atom is -0.352 e. The summed E-state index contributed by atoms with van der Waals surface area (Å²) in [5.74, 6) is -1.89. The molecule has 0 saturated heterocycles. The van der Waals surface area contributed by atoms with Crippen molar-refractivity contribution in [1.82, 2.24) is 5.32 Å². The molecule has 1 unspecified atom stereocenters. The molecule has 1 aliphatic rings. The van der Waals surface area contributed by atoms with Gasteiger partial charge in [-0.3, -0.25) is 19.3 Å². The van der Waals surface area contributed by atoms with Gasteiger partial charge in [0.2, 0.25) is 5.91 Å². The molecule has 112 valence electrons. The molecule has 0 spiro atoms. The number of Topliss-reactive ketones (excluding diaryl/α,β-unsaturated/α-hetero) is 1. The molecular formula is C14H14Cl2N2O3. The number of hydrogen-bond donors (Lipinski definition) is 1. The number of carbonyl (C=O) groups is 3. The molecule has 0 saturated carbocycles.